The van der Waals surface area contributed by atoms with E-state index >= 15 is 0 Å². The number of hydrogen-bond acceptors (Lipinski definition) is 1. The quantitative estimate of drug-likeness (QED) is 0.659. The zero-order valence-corrected chi connectivity index (χ0v) is 8.26. The summed E-state index contributed by atoms with van der Waals surface area (Å²) in [6, 6.07) is 3.66. The lowest BCUT2D eigenvalue weighted by Crippen LogP contribution is -2.04. The number of nitrogens with zero attached hydrogens (tertiary/aromatic N) is 2. The third kappa shape index (κ3) is 1.58. The molecule has 0 fully saturated rings. The van der Waals surface area contributed by atoms with Crippen LogP contribution in [0.3, 0.4) is 0 Å². The first-order valence-corrected chi connectivity index (χ1v) is 4.40. The molecular weight excluding hydrogens is 205 g/mol. The minimum absolute atomic E-state index is 0.502. The van der Waals surface area contributed by atoms with E-state index in [4.69, 9.17) is 0 Å². The van der Waals surface area contributed by atoms with E-state index in [2.05, 4.69) is 5.10 Å². The van der Waals surface area contributed by atoms with Crippen LogP contribution in [0.25, 0.3) is 10.9 Å². The lowest BCUT2D eigenvalue weighted by Gasteiger charge is -2.06. The van der Waals surface area contributed by atoms with Gasteiger partial charge in [-0.15, -0.1) is 0 Å². The van der Waals surface area contributed by atoms with E-state index in [1.807, 2.05) is 0 Å². The summed E-state index contributed by atoms with van der Waals surface area (Å²) in [5, 5.41) is 4.82. The molecule has 0 aliphatic rings. The first-order chi connectivity index (χ1) is 6.89. The maximum absolute atomic E-state index is 12.4. The lowest BCUT2D eigenvalue weighted by atomic mass is 10.1. The van der Waals surface area contributed by atoms with Crippen LogP contribution in [-0.4, -0.2) is 9.78 Å². The number of aromatic nitrogens is 2. The molecule has 1 aromatic heterocycles. The Balaban J connectivity index is 2.71. The van der Waals surface area contributed by atoms with Crippen LogP contribution in [0.5, 0.6) is 0 Å². The van der Waals surface area contributed by atoms with Gasteiger partial charge in [-0.25, -0.2) is 0 Å². The Bertz CT molecular complexity index is 511. The van der Waals surface area contributed by atoms with Gasteiger partial charge < -0.3 is 0 Å². The predicted octanol–water partition coefficient (Wildman–Crippen LogP) is 2.90. The van der Waals surface area contributed by atoms with E-state index in [1.165, 1.54) is 10.7 Å². The van der Waals surface area contributed by atoms with Crippen molar-refractivity contribution in [3.8, 4) is 0 Å². The number of rotatable bonds is 0. The van der Waals surface area contributed by atoms with Gasteiger partial charge in [-0.2, -0.15) is 18.3 Å². The van der Waals surface area contributed by atoms with Gasteiger partial charge in [-0.3, -0.25) is 4.68 Å². The largest absolute Gasteiger partial charge is 0.416 e. The van der Waals surface area contributed by atoms with E-state index < -0.39 is 11.7 Å². The normalized spacial score (nSPS) is 12.3. The Morgan fingerprint density at radius 2 is 1.93 bits per heavy atom. The van der Waals surface area contributed by atoms with Gasteiger partial charge in [0.15, 0.2) is 0 Å². The van der Waals surface area contributed by atoms with Gasteiger partial charge in [0.25, 0.3) is 0 Å². The van der Waals surface area contributed by atoms with Crippen molar-refractivity contribution in [1.29, 1.82) is 0 Å². The van der Waals surface area contributed by atoms with Crippen LogP contribution in [0.15, 0.2) is 18.2 Å². The molecule has 1 aromatic carbocycles. The molecule has 15 heavy (non-hydrogen) atoms. The Labute approximate surface area is 84.3 Å². The van der Waals surface area contributed by atoms with Crippen LogP contribution in [-0.2, 0) is 13.2 Å². The number of hydrogen-bond donors (Lipinski definition) is 0. The van der Waals surface area contributed by atoms with Crippen LogP contribution < -0.4 is 0 Å². The molecule has 5 heteroatoms. The van der Waals surface area contributed by atoms with Gasteiger partial charge in [-0.05, 0) is 19.1 Å². The van der Waals surface area contributed by atoms with Crippen LogP contribution in [0.1, 0.15) is 11.3 Å². The van der Waals surface area contributed by atoms with Gasteiger partial charge in [-0.1, -0.05) is 6.07 Å². The summed E-state index contributed by atoms with van der Waals surface area (Å²) < 4.78 is 38.7. The van der Waals surface area contributed by atoms with E-state index in [-0.39, 0.29) is 0 Å². The first kappa shape index (κ1) is 10.0. The van der Waals surface area contributed by atoms with Crippen LogP contribution in [0.2, 0.25) is 0 Å². The molecule has 2 rings (SSSR count). The summed E-state index contributed by atoms with van der Waals surface area (Å²) >= 11 is 0. The highest BCUT2D eigenvalue weighted by Crippen LogP contribution is 2.31. The second-order valence-electron chi connectivity index (χ2n) is 3.44. The minimum Gasteiger partial charge on any atom is -0.268 e. The van der Waals surface area contributed by atoms with Crippen molar-refractivity contribution in [3.05, 3.63) is 29.5 Å². The van der Waals surface area contributed by atoms with E-state index in [9.17, 15) is 13.2 Å². The Hall–Kier alpha value is -1.52. The Kier molecular flexibility index (Phi) is 1.99. The van der Waals surface area contributed by atoms with Crippen molar-refractivity contribution in [1.82, 2.24) is 9.78 Å². The van der Waals surface area contributed by atoms with Crippen LogP contribution in [0.4, 0.5) is 13.2 Å². The molecule has 0 amide bonds. The monoisotopic (exact) mass is 214 g/mol. The van der Waals surface area contributed by atoms with Crippen LogP contribution in [0, 0.1) is 6.92 Å². The molecule has 0 atom stereocenters. The molecule has 0 saturated carbocycles. The van der Waals surface area contributed by atoms with Crippen LogP contribution >= 0.6 is 0 Å². The summed E-state index contributed by atoms with van der Waals surface area (Å²) in [6.07, 6.45) is -4.30. The highest BCUT2D eigenvalue weighted by atomic mass is 19.4. The first-order valence-electron chi connectivity index (χ1n) is 4.40. The molecule has 1 heterocycles. The van der Waals surface area contributed by atoms with Gasteiger partial charge >= 0.3 is 6.18 Å². The maximum atomic E-state index is 12.4. The minimum atomic E-state index is -4.30. The SMILES string of the molecule is Cc1nn(C)c2cc(C(F)(F)F)ccc12. The molecule has 2 nitrogen and oxygen atoms in total. The van der Waals surface area contributed by atoms with Crippen molar-refractivity contribution >= 4 is 10.9 Å². The predicted molar refractivity (Wildman–Crippen MR) is 50.5 cm³/mol. The summed E-state index contributed by atoms with van der Waals surface area (Å²) in [7, 11) is 1.63. The zero-order valence-electron chi connectivity index (χ0n) is 8.26. The number of halogens is 3. The fraction of sp³-hybridized carbons (Fsp3) is 0.300. The number of fused-ring (bicyclic) bond motifs is 1. The van der Waals surface area contributed by atoms with E-state index in [0.29, 0.717) is 5.52 Å². The molecule has 0 aliphatic carbocycles. The average molecular weight is 214 g/mol. The summed E-state index contributed by atoms with van der Waals surface area (Å²) in [6.45, 7) is 1.77. The molecule has 0 N–H and O–H groups in total. The highest BCUT2D eigenvalue weighted by Gasteiger charge is 2.30. The smallest absolute Gasteiger partial charge is 0.268 e. The summed E-state index contributed by atoms with van der Waals surface area (Å²) in [5.74, 6) is 0. The van der Waals surface area contributed by atoms with Crippen molar-refractivity contribution in [2.75, 3.05) is 0 Å². The van der Waals surface area contributed by atoms with Crippen molar-refractivity contribution < 1.29 is 13.2 Å². The Morgan fingerprint density at radius 3 is 2.53 bits per heavy atom. The number of benzene rings is 1. The fourth-order valence-electron chi connectivity index (χ4n) is 1.61. The third-order valence-corrected chi connectivity index (χ3v) is 2.36. The van der Waals surface area contributed by atoms with E-state index in [0.717, 1.165) is 23.2 Å². The van der Waals surface area contributed by atoms with Gasteiger partial charge in [0.1, 0.15) is 0 Å². The topological polar surface area (TPSA) is 17.8 Å². The second-order valence-corrected chi connectivity index (χ2v) is 3.44. The maximum Gasteiger partial charge on any atom is 0.416 e. The molecular formula is C10H9F3N2. The van der Waals surface area contributed by atoms with E-state index in [1.54, 1.807) is 14.0 Å². The standard InChI is InChI=1S/C10H9F3N2/c1-6-8-4-3-7(10(11,12)13)5-9(8)15(2)14-6/h3-5H,1-2H3. The summed E-state index contributed by atoms with van der Waals surface area (Å²) in [4.78, 5) is 0. The van der Waals surface area contributed by atoms with Gasteiger partial charge in [0.2, 0.25) is 0 Å². The molecule has 0 bridgehead atoms. The molecule has 0 radical (unpaired) electrons. The molecule has 0 saturated heterocycles. The molecule has 0 aliphatic heterocycles. The lowest BCUT2D eigenvalue weighted by molar-refractivity contribution is -0.137. The highest BCUT2D eigenvalue weighted by molar-refractivity contribution is 5.82. The fourth-order valence-corrected chi connectivity index (χ4v) is 1.61. The van der Waals surface area contributed by atoms with Gasteiger partial charge in [0.05, 0.1) is 16.8 Å². The Morgan fingerprint density at radius 1 is 1.27 bits per heavy atom. The zero-order chi connectivity index (χ0) is 11.2. The number of alkyl halides is 3. The number of aryl methyl sites for hydroxylation is 2. The second kappa shape index (κ2) is 2.98. The molecule has 0 spiro atoms. The van der Waals surface area contributed by atoms with Crippen molar-refractivity contribution in [2.24, 2.45) is 7.05 Å². The molecule has 0 unspecified atom stereocenters. The average Bonchev–Trinajstić information content (AvgIpc) is 2.41. The third-order valence-electron chi connectivity index (χ3n) is 2.36. The van der Waals surface area contributed by atoms with Crippen molar-refractivity contribution in [3.63, 3.8) is 0 Å². The van der Waals surface area contributed by atoms with Crippen molar-refractivity contribution in [2.45, 2.75) is 13.1 Å². The van der Waals surface area contributed by atoms with Gasteiger partial charge in [0, 0.05) is 12.4 Å². The summed E-state index contributed by atoms with van der Waals surface area (Å²) in [5.41, 5.74) is 0.599. The molecule has 2 aromatic rings. The molecule has 80 valence electrons.